The molecule has 1 aliphatic rings. The molecule has 1 saturated heterocycles. The number of nitrogens with zero attached hydrogens (tertiary/aromatic N) is 4. The number of hydrogen-bond donors (Lipinski definition) is 0. The summed E-state index contributed by atoms with van der Waals surface area (Å²) in [6.45, 7) is 1.45. The Labute approximate surface area is 133 Å². The summed E-state index contributed by atoms with van der Waals surface area (Å²) in [5.74, 6) is 0.535. The highest BCUT2D eigenvalue weighted by atomic mass is 16.5. The fraction of sp³-hybridized carbons (Fsp3) is 0.294. The van der Waals surface area contributed by atoms with Crippen molar-refractivity contribution in [2.75, 3.05) is 13.2 Å². The van der Waals surface area contributed by atoms with E-state index in [4.69, 9.17) is 9.47 Å². The molecule has 23 heavy (non-hydrogen) atoms. The second kappa shape index (κ2) is 6.26. The first-order chi connectivity index (χ1) is 11.4. The van der Waals surface area contributed by atoms with Crippen LogP contribution in [0.1, 0.15) is 12.8 Å². The van der Waals surface area contributed by atoms with Crippen LogP contribution in [0.5, 0.6) is 5.88 Å². The number of rotatable bonds is 3. The van der Waals surface area contributed by atoms with Gasteiger partial charge in [0, 0.05) is 30.8 Å². The van der Waals surface area contributed by atoms with Crippen molar-refractivity contribution in [2.24, 2.45) is 0 Å². The predicted molar refractivity (Wildman–Crippen MR) is 85.0 cm³/mol. The van der Waals surface area contributed by atoms with Gasteiger partial charge in [0.05, 0.1) is 24.4 Å². The second-order valence-electron chi connectivity index (χ2n) is 5.41. The van der Waals surface area contributed by atoms with E-state index in [0.29, 0.717) is 11.4 Å². The van der Waals surface area contributed by atoms with Gasteiger partial charge in [-0.15, -0.1) is 0 Å². The van der Waals surface area contributed by atoms with E-state index in [0.717, 1.165) is 42.8 Å². The quantitative estimate of drug-likeness (QED) is 0.741. The van der Waals surface area contributed by atoms with Gasteiger partial charge in [-0.1, -0.05) is 0 Å². The number of ether oxygens (including phenoxy) is 2. The molecule has 4 heterocycles. The third-order valence-corrected chi connectivity index (χ3v) is 3.85. The van der Waals surface area contributed by atoms with Crippen LogP contribution in [0.2, 0.25) is 0 Å². The summed E-state index contributed by atoms with van der Waals surface area (Å²) in [5.41, 5.74) is 3.24. The molecule has 1 aliphatic heterocycles. The van der Waals surface area contributed by atoms with Gasteiger partial charge >= 0.3 is 0 Å². The maximum atomic E-state index is 6.05. The minimum atomic E-state index is 0.116. The molecule has 6 nitrogen and oxygen atoms in total. The summed E-state index contributed by atoms with van der Waals surface area (Å²) < 4.78 is 11.4. The molecule has 0 bridgehead atoms. The van der Waals surface area contributed by atoms with Gasteiger partial charge in [0.25, 0.3) is 0 Å². The summed E-state index contributed by atoms with van der Waals surface area (Å²) in [5, 5.41) is 0. The number of hydrogen-bond acceptors (Lipinski definition) is 6. The fourth-order valence-corrected chi connectivity index (χ4v) is 2.63. The summed E-state index contributed by atoms with van der Waals surface area (Å²) in [4.78, 5) is 17.4. The summed E-state index contributed by atoms with van der Waals surface area (Å²) in [7, 11) is 0. The Morgan fingerprint density at radius 1 is 1.09 bits per heavy atom. The molecule has 0 amide bonds. The summed E-state index contributed by atoms with van der Waals surface area (Å²) >= 11 is 0. The SMILES string of the molecule is c1cncc(-c2ccc3ncnc(OC4CCOCC4)c3n2)c1. The monoisotopic (exact) mass is 308 g/mol. The molecule has 3 aromatic heterocycles. The lowest BCUT2D eigenvalue weighted by atomic mass is 10.1. The molecule has 1 fully saturated rings. The van der Waals surface area contributed by atoms with Crippen LogP contribution in [-0.4, -0.2) is 39.3 Å². The highest BCUT2D eigenvalue weighted by Crippen LogP contribution is 2.25. The van der Waals surface area contributed by atoms with Crippen molar-refractivity contribution in [3.63, 3.8) is 0 Å². The van der Waals surface area contributed by atoms with Gasteiger partial charge in [0.1, 0.15) is 12.4 Å². The zero-order chi connectivity index (χ0) is 15.5. The highest BCUT2D eigenvalue weighted by molar-refractivity contribution is 5.81. The van der Waals surface area contributed by atoms with Gasteiger partial charge in [-0.3, -0.25) is 4.98 Å². The molecule has 0 spiro atoms. The first kappa shape index (κ1) is 14.0. The fourth-order valence-electron chi connectivity index (χ4n) is 2.63. The molecule has 0 atom stereocenters. The van der Waals surface area contributed by atoms with Crippen LogP contribution in [0.25, 0.3) is 22.3 Å². The Kier molecular flexibility index (Phi) is 3.81. The standard InChI is InChI=1S/C17H16N4O2/c1-2-12(10-18-7-1)14-3-4-15-16(21-14)17(20-11-19-15)23-13-5-8-22-9-6-13/h1-4,7,10-11,13H,5-6,8-9H2. The van der Waals surface area contributed by atoms with E-state index in [2.05, 4.69) is 19.9 Å². The average Bonchev–Trinajstić information content (AvgIpc) is 2.63. The van der Waals surface area contributed by atoms with Crippen molar-refractivity contribution in [1.29, 1.82) is 0 Å². The molecule has 4 rings (SSSR count). The Bertz CT molecular complexity index is 804. The molecule has 0 saturated carbocycles. The van der Waals surface area contributed by atoms with E-state index in [1.54, 1.807) is 12.4 Å². The molecule has 116 valence electrons. The molecule has 0 aromatic carbocycles. The smallest absolute Gasteiger partial charge is 0.244 e. The molecule has 0 radical (unpaired) electrons. The van der Waals surface area contributed by atoms with E-state index in [1.165, 1.54) is 6.33 Å². The van der Waals surface area contributed by atoms with Crippen molar-refractivity contribution in [3.8, 4) is 17.1 Å². The van der Waals surface area contributed by atoms with Crippen LogP contribution < -0.4 is 4.74 Å². The molecule has 0 N–H and O–H groups in total. The van der Waals surface area contributed by atoms with E-state index >= 15 is 0 Å². The lowest BCUT2D eigenvalue weighted by Gasteiger charge is -2.22. The third kappa shape index (κ3) is 2.98. The Morgan fingerprint density at radius 2 is 2.00 bits per heavy atom. The lowest BCUT2D eigenvalue weighted by Crippen LogP contribution is -2.26. The van der Waals surface area contributed by atoms with E-state index in [1.807, 2.05) is 24.3 Å². The van der Waals surface area contributed by atoms with Crippen LogP contribution >= 0.6 is 0 Å². The van der Waals surface area contributed by atoms with Gasteiger partial charge in [-0.2, -0.15) is 4.98 Å². The largest absolute Gasteiger partial charge is 0.473 e. The van der Waals surface area contributed by atoms with Gasteiger partial charge in [0.2, 0.25) is 5.88 Å². The van der Waals surface area contributed by atoms with Crippen LogP contribution in [0.4, 0.5) is 0 Å². The molecule has 0 unspecified atom stereocenters. The molecule has 0 aliphatic carbocycles. The van der Waals surface area contributed by atoms with Crippen LogP contribution in [-0.2, 0) is 4.74 Å². The third-order valence-electron chi connectivity index (χ3n) is 3.85. The van der Waals surface area contributed by atoms with Gasteiger partial charge in [-0.25, -0.2) is 9.97 Å². The zero-order valence-electron chi connectivity index (χ0n) is 12.6. The molecule has 6 heteroatoms. The van der Waals surface area contributed by atoms with E-state index < -0.39 is 0 Å². The van der Waals surface area contributed by atoms with E-state index in [9.17, 15) is 0 Å². The van der Waals surface area contributed by atoms with Crippen LogP contribution in [0, 0.1) is 0 Å². The Hall–Kier alpha value is -2.60. The van der Waals surface area contributed by atoms with Crippen molar-refractivity contribution in [1.82, 2.24) is 19.9 Å². The minimum Gasteiger partial charge on any atom is -0.473 e. The molecular formula is C17H16N4O2. The van der Waals surface area contributed by atoms with Crippen molar-refractivity contribution in [2.45, 2.75) is 18.9 Å². The Balaban J connectivity index is 1.72. The average molecular weight is 308 g/mol. The lowest BCUT2D eigenvalue weighted by molar-refractivity contribution is 0.0243. The molecular weight excluding hydrogens is 292 g/mol. The van der Waals surface area contributed by atoms with Crippen LogP contribution in [0.3, 0.4) is 0 Å². The van der Waals surface area contributed by atoms with Gasteiger partial charge in [-0.05, 0) is 24.3 Å². The molecule has 3 aromatic rings. The van der Waals surface area contributed by atoms with E-state index in [-0.39, 0.29) is 6.10 Å². The highest BCUT2D eigenvalue weighted by Gasteiger charge is 2.18. The zero-order valence-corrected chi connectivity index (χ0v) is 12.6. The van der Waals surface area contributed by atoms with Crippen molar-refractivity contribution < 1.29 is 9.47 Å². The maximum Gasteiger partial charge on any atom is 0.244 e. The normalized spacial score (nSPS) is 15.7. The van der Waals surface area contributed by atoms with Crippen molar-refractivity contribution in [3.05, 3.63) is 43.0 Å². The number of aromatic nitrogens is 4. The van der Waals surface area contributed by atoms with Gasteiger partial charge in [0.15, 0.2) is 5.52 Å². The summed E-state index contributed by atoms with van der Waals surface area (Å²) in [6.07, 6.45) is 6.90. The summed E-state index contributed by atoms with van der Waals surface area (Å²) in [6, 6.07) is 7.74. The number of fused-ring (bicyclic) bond motifs is 1. The van der Waals surface area contributed by atoms with Gasteiger partial charge < -0.3 is 9.47 Å². The van der Waals surface area contributed by atoms with Crippen molar-refractivity contribution >= 4 is 11.0 Å². The first-order valence-corrected chi connectivity index (χ1v) is 7.67. The maximum absolute atomic E-state index is 6.05. The topological polar surface area (TPSA) is 70.0 Å². The Morgan fingerprint density at radius 3 is 2.83 bits per heavy atom. The second-order valence-corrected chi connectivity index (χ2v) is 5.41. The minimum absolute atomic E-state index is 0.116. The number of pyridine rings is 2. The van der Waals surface area contributed by atoms with Crippen LogP contribution in [0.15, 0.2) is 43.0 Å². The first-order valence-electron chi connectivity index (χ1n) is 7.67. The predicted octanol–water partition coefficient (Wildman–Crippen LogP) is 2.64.